The fraction of sp³-hybridized carbons (Fsp3) is 0.0909. The minimum atomic E-state index is -0.535. The van der Waals surface area contributed by atoms with Crippen LogP contribution in [-0.2, 0) is 4.79 Å². The van der Waals surface area contributed by atoms with E-state index < -0.39 is 11.5 Å². The molecule has 1 amide bonds. The molecular formula is C11H10N2O4. The molecule has 0 saturated heterocycles. The van der Waals surface area contributed by atoms with Gasteiger partial charge in [-0.1, -0.05) is 12.1 Å². The molecule has 1 aromatic carbocycles. The van der Waals surface area contributed by atoms with Gasteiger partial charge in [0.2, 0.25) is 0 Å². The van der Waals surface area contributed by atoms with Crippen LogP contribution in [0.25, 0.3) is 11.0 Å². The van der Waals surface area contributed by atoms with Crippen molar-refractivity contribution in [2.45, 2.75) is 0 Å². The van der Waals surface area contributed by atoms with Crippen LogP contribution in [0.2, 0.25) is 0 Å². The molecule has 88 valence electrons. The van der Waals surface area contributed by atoms with Crippen molar-refractivity contribution in [1.29, 1.82) is 0 Å². The number of benzene rings is 1. The smallest absolute Gasteiger partial charge is 0.339 e. The first-order chi connectivity index (χ1) is 8.20. The largest absolute Gasteiger partial charge is 0.483 e. The maximum absolute atomic E-state index is 11.2. The summed E-state index contributed by atoms with van der Waals surface area (Å²) in [5, 5.41) is 0.622. The van der Waals surface area contributed by atoms with E-state index in [0.717, 1.165) is 0 Å². The summed E-state index contributed by atoms with van der Waals surface area (Å²) < 4.78 is 10.2. The Hall–Kier alpha value is -2.34. The summed E-state index contributed by atoms with van der Waals surface area (Å²) >= 11 is 0. The number of hydrogen-bond donors (Lipinski definition) is 2. The molecule has 1 aromatic heterocycles. The Morgan fingerprint density at radius 3 is 2.94 bits per heavy atom. The van der Waals surface area contributed by atoms with Gasteiger partial charge in [-0.05, 0) is 12.1 Å². The molecule has 6 heteroatoms. The van der Waals surface area contributed by atoms with E-state index in [-0.39, 0.29) is 6.61 Å². The minimum absolute atomic E-state index is 0.260. The number of fused-ring (bicyclic) bond motifs is 1. The highest BCUT2D eigenvalue weighted by Crippen LogP contribution is 2.22. The van der Waals surface area contributed by atoms with Gasteiger partial charge in [-0.3, -0.25) is 10.2 Å². The highest BCUT2D eigenvalue weighted by atomic mass is 16.5. The van der Waals surface area contributed by atoms with Gasteiger partial charge in [0.25, 0.3) is 5.91 Å². The van der Waals surface area contributed by atoms with Gasteiger partial charge in [-0.25, -0.2) is 10.6 Å². The zero-order valence-corrected chi connectivity index (χ0v) is 8.80. The second-order valence-electron chi connectivity index (χ2n) is 3.28. The van der Waals surface area contributed by atoms with E-state index >= 15 is 0 Å². The Balaban J connectivity index is 2.39. The molecule has 2 rings (SSSR count). The number of rotatable bonds is 3. The predicted molar refractivity (Wildman–Crippen MR) is 60.3 cm³/mol. The van der Waals surface area contributed by atoms with E-state index in [2.05, 4.69) is 0 Å². The molecule has 0 aliphatic heterocycles. The van der Waals surface area contributed by atoms with Crippen molar-refractivity contribution in [3.05, 3.63) is 40.8 Å². The lowest BCUT2D eigenvalue weighted by Crippen LogP contribution is -2.34. The molecule has 0 aliphatic rings. The standard InChI is InChI=1S/C11H10N2O4/c12-13-10(14)6-16-9-5-11(15)17-8-4-2-1-3-7(8)9/h1-5H,6,12H2,(H,13,14). The molecule has 0 bridgehead atoms. The van der Waals surface area contributed by atoms with Gasteiger partial charge in [-0.15, -0.1) is 0 Å². The van der Waals surface area contributed by atoms with Crippen LogP contribution in [0.5, 0.6) is 5.75 Å². The molecule has 3 N–H and O–H groups in total. The zero-order chi connectivity index (χ0) is 12.3. The summed E-state index contributed by atoms with van der Waals surface area (Å²) in [4.78, 5) is 22.2. The lowest BCUT2D eigenvalue weighted by Gasteiger charge is -2.06. The third-order valence-corrected chi connectivity index (χ3v) is 2.13. The van der Waals surface area contributed by atoms with E-state index in [4.69, 9.17) is 15.0 Å². The monoisotopic (exact) mass is 234 g/mol. The Morgan fingerprint density at radius 2 is 2.18 bits per heavy atom. The summed E-state index contributed by atoms with van der Waals surface area (Å²) in [6.07, 6.45) is 0. The maximum Gasteiger partial charge on any atom is 0.339 e. The number of hydrazine groups is 1. The van der Waals surface area contributed by atoms with Gasteiger partial charge in [0.15, 0.2) is 6.61 Å². The van der Waals surface area contributed by atoms with E-state index in [1.165, 1.54) is 6.07 Å². The molecule has 0 saturated carbocycles. The van der Waals surface area contributed by atoms with Crippen LogP contribution in [0, 0.1) is 0 Å². The van der Waals surface area contributed by atoms with Crippen molar-refractivity contribution in [1.82, 2.24) is 5.43 Å². The van der Waals surface area contributed by atoms with Crippen LogP contribution in [-0.4, -0.2) is 12.5 Å². The van der Waals surface area contributed by atoms with Crippen LogP contribution in [0.15, 0.2) is 39.5 Å². The van der Waals surface area contributed by atoms with Crippen LogP contribution >= 0.6 is 0 Å². The number of para-hydroxylation sites is 1. The average Bonchev–Trinajstić information content (AvgIpc) is 2.35. The molecule has 0 unspecified atom stereocenters. The summed E-state index contributed by atoms with van der Waals surface area (Å²) in [7, 11) is 0. The number of carbonyl (C=O) groups is 1. The molecule has 17 heavy (non-hydrogen) atoms. The maximum atomic E-state index is 11.2. The number of carbonyl (C=O) groups excluding carboxylic acids is 1. The number of nitrogens with two attached hydrogens (primary N) is 1. The summed E-state index contributed by atoms with van der Waals surface area (Å²) in [6.45, 7) is -0.260. The molecule has 0 aliphatic carbocycles. The highest BCUT2D eigenvalue weighted by molar-refractivity contribution is 5.83. The molecular weight excluding hydrogens is 224 g/mol. The molecule has 2 aromatic rings. The van der Waals surface area contributed by atoms with Crippen LogP contribution in [0.1, 0.15) is 0 Å². The van der Waals surface area contributed by atoms with Gasteiger partial charge in [0.05, 0.1) is 11.5 Å². The minimum Gasteiger partial charge on any atom is -0.483 e. The van der Waals surface area contributed by atoms with Crippen LogP contribution in [0.3, 0.4) is 0 Å². The van der Waals surface area contributed by atoms with E-state index in [0.29, 0.717) is 16.7 Å². The lowest BCUT2D eigenvalue weighted by molar-refractivity contribution is -0.123. The molecule has 0 spiro atoms. The number of nitrogens with one attached hydrogen (secondary N) is 1. The van der Waals surface area contributed by atoms with Crippen molar-refractivity contribution in [3.8, 4) is 5.75 Å². The van der Waals surface area contributed by atoms with E-state index in [1.807, 2.05) is 5.43 Å². The number of hydrogen-bond acceptors (Lipinski definition) is 5. The van der Waals surface area contributed by atoms with Gasteiger partial charge in [-0.2, -0.15) is 0 Å². The second-order valence-corrected chi connectivity index (χ2v) is 3.28. The van der Waals surface area contributed by atoms with Crippen molar-refractivity contribution >= 4 is 16.9 Å². The fourth-order valence-electron chi connectivity index (χ4n) is 1.39. The number of ether oxygens (including phenoxy) is 1. The fourth-order valence-corrected chi connectivity index (χ4v) is 1.39. The first kappa shape index (κ1) is 11.2. The summed E-state index contributed by atoms with van der Waals surface area (Å²) in [5.74, 6) is 4.73. The normalized spacial score (nSPS) is 10.2. The van der Waals surface area contributed by atoms with Crippen molar-refractivity contribution in [2.75, 3.05) is 6.61 Å². The van der Waals surface area contributed by atoms with Crippen molar-refractivity contribution in [2.24, 2.45) is 5.84 Å². The molecule has 1 heterocycles. The Morgan fingerprint density at radius 1 is 1.41 bits per heavy atom. The van der Waals surface area contributed by atoms with Gasteiger partial charge in [0, 0.05) is 0 Å². The second kappa shape index (κ2) is 4.67. The van der Waals surface area contributed by atoms with E-state index in [9.17, 15) is 9.59 Å². The lowest BCUT2D eigenvalue weighted by atomic mass is 10.2. The Bertz CT molecular complexity index is 606. The van der Waals surface area contributed by atoms with Gasteiger partial charge >= 0.3 is 5.63 Å². The summed E-state index contributed by atoms with van der Waals surface area (Å²) in [5.41, 5.74) is 1.80. The first-order valence-electron chi connectivity index (χ1n) is 4.86. The topological polar surface area (TPSA) is 94.6 Å². The summed E-state index contributed by atoms with van der Waals surface area (Å²) in [6, 6.07) is 8.08. The predicted octanol–water partition coefficient (Wildman–Crippen LogP) is 0.162. The SMILES string of the molecule is NNC(=O)COc1cc(=O)oc2ccccc12. The average molecular weight is 234 g/mol. The van der Waals surface area contributed by atoms with Crippen molar-refractivity contribution < 1.29 is 13.9 Å². The first-order valence-corrected chi connectivity index (χ1v) is 4.86. The Labute approximate surface area is 95.9 Å². The Kier molecular flexibility index (Phi) is 3.06. The quantitative estimate of drug-likeness (QED) is 0.341. The van der Waals surface area contributed by atoms with Crippen molar-refractivity contribution in [3.63, 3.8) is 0 Å². The molecule has 6 nitrogen and oxygen atoms in total. The molecule has 0 radical (unpaired) electrons. The molecule has 0 atom stereocenters. The van der Waals surface area contributed by atoms with E-state index in [1.54, 1.807) is 24.3 Å². The van der Waals surface area contributed by atoms with Crippen LogP contribution in [0.4, 0.5) is 0 Å². The molecule has 0 fully saturated rings. The number of amides is 1. The third kappa shape index (κ3) is 2.43. The third-order valence-electron chi connectivity index (χ3n) is 2.13. The van der Waals surface area contributed by atoms with Gasteiger partial charge in [0.1, 0.15) is 11.3 Å². The van der Waals surface area contributed by atoms with Gasteiger partial charge < -0.3 is 9.15 Å². The van der Waals surface area contributed by atoms with Crippen LogP contribution < -0.4 is 21.6 Å². The highest BCUT2D eigenvalue weighted by Gasteiger charge is 2.07. The zero-order valence-electron chi connectivity index (χ0n) is 8.80.